The Labute approximate surface area is 93.6 Å². The van der Waals surface area contributed by atoms with Crippen LogP contribution in [0, 0.1) is 5.92 Å². The molecule has 0 aliphatic carbocycles. The SMILES string of the molecule is COc1ccc([C@H]2NC(=O)[C@H]2C(C)=O)cc1. The number of rotatable bonds is 3. The number of carbonyl (C=O) groups is 2. The van der Waals surface area contributed by atoms with Gasteiger partial charge in [0.1, 0.15) is 17.5 Å². The van der Waals surface area contributed by atoms with Crippen LogP contribution in [-0.2, 0) is 9.59 Å². The number of benzene rings is 1. The van der Waals surface area contributed by atoms with Crippen molar-refractivity contribution in [2.75, 3.05) is 7.11 Å². The van der Waals surface area contributed by atoms with E-state index in [1.807, 2.05) is 24.3 Å². The smallest absolute Gasteiger partial charge is 0.233 e. The molecular weight excluding hydrogens is 206 g/mol. The topological polar surface area (TPSA) is 55.4 Å². The Bertz CT molecular complexity index is 416. The molecule has 1 heterocycles. The molecule has 0 bridgehead atoms. The van der Waals surface area contributed by atoms with Gasteiger partial charge in [-0.05, 0) is 24.6 Å². The molecule has 4 nitrogen and oxygen atoms in total. The van der Waals surface area contributed by atoms with Crippen molar-refractivity contribution in [3.05, 3.63) is 29.8 Å². The molecule has 0 spiro atoms. The second-order valence-corrected chi connectivity index (χ2v) is 3.85. The van der Waals surface area contributed by atoms with Gasteiger partial charge in [0.2, 0.25) is 5.91 Å². The number of hydrogen-bond donors (Lipinski definition) is 1. The molecule has 1 amide bonds. The van der Waals surface area contributed by atoms with E-state index in [1.165, 1.54) is 6.92 Å². The van der Waals surface area contributed by atoms with Gasteiger partial charge in [0, 0.05) is 0 Å². The summed E-state index contributed by atoms with van der Waals surface area (Å²) in [7, 11) is 1.60. The van der Waals surface area contributed by atoms with Crippen LogP contribution in [0.5, 0.6) is 5.75 Å². The number of β-lactam (4-membered cyclic amide) rings is 1. The van der Waals surface area contributed by atoms with E-state index in [1.54, 1.807) is 7.11 Å². The summed E-state index contributed by atoms with van der Waals surface area (Å²) in [6, 6.07) is 7.17. The highest BCUT2D eigenvalue weighted by molar-refractivity contribution is 6.05. The van der Waals surface area contributed by atoms with Gasteiger partial charge in [-0.1, -0.05) is 12.1 Å². The van der Waals surface area contributed by atoms with Gasteiger partial charge in [-0.3, -0.25) is 9.59 Å². The normalized spacial score (nSPS) is 23.2. The standard InChI is InChI=1S/C12H13NO3/c1-7(14)10-11(13-12(10)15)8-3-5-9(16-2)6-4-8/h3-6,10-11H,1-2H3,(H,13,15)/t10-,11+/m0/s1. The van der Waals surface area contributed by atoms with Crippen molar-refractivity contribution in [2.45, 2.75) is 13.0 Å². The van der Waals surface area contributed by atoms with E-state index in [0.29, 0.717) is 0 Å². The first-order valence-corrected chi connectivity index (χ1v) is 5.08. The van der Waals surface area contributed by atoms with Gasteiger partial charge < -0.3 is 10.1 Å². The molecule has 0 aromatic heterocycles. The number of carbonyl (C=O) groups excluding carboxylic acids is 2. The molecule has 0 saturated carbocycles. The fraction of sp³-hybridized carbons (Fsp3) is 0.333. The predicted octanol–water partition coefficient (Wildman–Crippen LogP) is 1.07. The van der Waals surface area contributed by atoms with Crippen molar-refractivity contribution in [3.63, 3.8) is 0 Å². The first-order chi connectivity index (χ1) is 7.63. The average molecular weight is 219 g/mol. The number of methoxy groups -OCH3 is 1. The fourth-order valence-corrected chi connectivity index (χ4v) is 1.89. The molecular formula is C12H13NO3. The van der Waals surface area contributed by atoms with E-state index in [4.69, 9.17) is 4.74 Å². The van der Waals surface area contributed by atoms with Crippen molar-refractivity contribution in [1.82, 2.24) is 5.32 Å². The Morgan fingerprint density at radius 2 is 1.94 bits per heavy atom. The lowest BCUT2D eigenvalue weighted by Crippen LogP contribution is -2.54. The summed E-state index contributed by atoms with van der Waals surface area (Å²) < 4.78 is 5.04. The van der Waals surface area contributed by atoms with Crippen LogP contribution >= 0.6 is 0 Å². The summed E-state index contributed by atoms with van der Waals surface area (Å²) >= 11 is 0. The number of ketones is 1. The lowest BCUT2D eigenvalue weighted by Gasteiger charge is -2.35. The van der Waals surface area contributed by atoms with E-state index in [9.17, 15) is 9.59 Å². The molecule has 1 aromatic rings. The molecule has 2 atom stereocenters. The molecule has 16 heavy (non-hydrogen) atoms. The van der Waals surface area contributed by atoms with Gasteiger partial charge in [-0.15, -0.1) is 0 Å². The monoisotopic (exact) mass is 219 g/mol. The Morgan fingerprint density at radius 1 is 1.31 bits per heavy atom. The Kier molecular flexibility index (Phi) is 2.64. The van der Waals surface area contributed by atoms with Crippen LogP contribution in [0.25, 0.3) is 0 Å². The van der Waals surface area contributed by atoms with Crippen LogP contribution in [0.2, 0.25) is 0 Å². The van der Waals surface area contributed by atoms with Crippen LogP contribution in [0.3, 0.4) is 0 Å². The van der Waals surface area contributed by atoms with E-state index in [-0.39, 0.29) is 17.7 Å². The minimum Gasteiger partial charge on any atom is -0.497 e. The zero-order valence-electron chi connectivity index (χ0n) is 9.19. The second-order valence-electron chi connectivity index (χ2n) is 3.85. The highest BCUT2D eigenvalue weighted by Gasteiger charge is 2.43. The van der Waals surface area contributed by atoms with Gasteiger partial charge in [0.15, 0.2) is 0 Å². The van der Waals surface area contributed by atoms with E-state index >= 15 is 0 Å². The molecule has 84 valence electrons. The molecule has 0 unspecified atom stereocenters. The molecule has 1 aromatic carbocycles. The average Bonchev–Trinajstić information content (AvgIpc) is 2.25. The molecule has 2 rings (SSSR count). The second kappa shape index (κ2) is 3.96. The van der Waals surface area contributed by atoms with Gasteiger partial charge in [0.05, 0.1) is 13.2 Å². The molecule has 4 heteroatoms. The van der Waals surface area contributed by atoms with Gasteiger partial charge in [0.25, 0.3) is 0 Å². The Morgan fingerprint density at radius 3 is 2.38 bits per heavy atom. The molecule has 0 radical (unpaired) electrons. The lowest BCUT2D eigenvalue weighted by atomic mass is 9.82. The van der Waals surface area contributed by atoms with Crippen LogP contribution in [0.15, 0.2) is 24.3 Å². The summed E-state index contributed by atoms with van der Waals surface area (Å²) in [4.78, 5) is 22.5. The van der Waals surface area contributed by atoms with Gasteiger partial charge >= 0.3 is 0 Å². The lowest BCUT2D eigenvalue weighted by molar-refractivity contribution is -0.142. The third-order valence-electron chi connectivity index (χ3n) is 2.83. The number of hydrogen-bond acceptors (Lipinski definition) is 3. The van der Waals surface area contributed by atoms with Crippen molar-refractivity contribution in [3.8, 4) is 5.75 Å². The minimum absolute atomic E-state index is 0.0930. The first kappa shape index (κ1) is 10.7. The zero-order chi connectivity index (χ0) is 11.7. The van der Waals surface area contributed by atoms with Gasteiger partial charge in [-0.25, -0.2) is 0 Å². The summed E-state index contributed by atoms with van der Waals surface area (Å²) in [6.07, 6.45) is 0. The number of Topliss-reactive ketones (excluding diaryl/α,β-unsaturated/α-hetero) is 1. The maximum atomic E-state index is 11.3. The quantitative estimate of drug-likeness (QED) is 0.611. The summed E-state index contributed by atoms with van der Waals surface area (Å²) in [5.41, 5.74) is 0.931. The van der Waals surface area contributed by atoms with Crippen molar-refractivity contribution in [1.29, 1.82) is 0 Å². The van der Waals surface area contributed by atoms with Crippen LogP contribution in [0.4, 0.5) is 0 Å². The van der Waals surface area contributed by atoms with Crippen molar-refractivity contribution in [2.24, 2.45) is 5.92 Å². The Balaban J connectivity index is 2.19. The summed E-state index contributed by atoms with van der Waals surface area (Å²) in [5, 5.41) is 2.73. The third-order valence-corrected chi connectivity index (χ3v) is 2.83. The summed E-state index contributed by atoms with van der Waals surface area (Å²) in [6.45, 7) is 1.44. The third kappa shape index (κ3) is 1.66. The minimum atomic E-state index is -0.534. The van der Waals surface area contributed by atoms with Crippen LogP contribution < -0.4 is 10.1 Å². The summed E-state index contributed by atoms with van der Waals surface area (Å²) in [5.74, 6) is -0.0555. The molecule has 1 fully saturated rings. The van der Waals surface area contributed by atoms with Crippen LogP contribution in [0.1, 0.15) is 18.5 Å². The number of ether oxygens (including phenoxy) is 1. The number of nitrogens with one attached hydrogen (secondary N) is 1. The largest absolute Gasteiger partial charge is 0.497 e. The number of amides is 1. The maximum Gasteiger partial charge on any atom is 0.233 e. The van der Waals surface area contributed by atoms with Crippen molar-refractivity contribution < 1.29 is 14.3 Å². The molecule has 1 N–H and O–H groups in total. The Hall–Kier alpha value is -1.84. The molecule has 1 aliphatic heterocycles. The van der Waals surface area contributed by atoms with Crippen molar-refractivity contribution >= 4 is 11.7 Å². The van der Waals surface area contributed by atoms with E-state index < -0.39 is 5.92 Å². The molecule has 1 aliphatic rings. The fourth-order valence-electron chi connectivity index (χ4n) is 1.89. The predicted molar refractivity (Wildman–Crippen MR) is 58.0 cm³/mol. The van der Waals surface area contributed by atoms with E-state index in [0.717, 1.165) is 11.3 Å². The zero-order valence-corrected chi connectivity index (χ0v) is 9.19. The van der Waals surface area contributed by atoms with Gasteiger partial charge in [-0.2, -0.15) is 0 Å². The highest BCUT2D eigenvalue weighted by atomic mass is 16.5. The molecule has 1 saturated heterocycles. The highest BCUT2D eigenvalue weighted by Crippen LogP contribution is 2.31. The van der Waals surface area contributed by atoms with Crippen LogP contribution in [-0.4, -0.2) is 18.8 Å². The first-order valence-electron chi connectivity index (χ1n) is 5.08. The maximum absolute atomic E-state index is 11.3. The van der Waals surface area contributed by atoms with E-state index in [2.05, 4.69) is 5.32 Å².